The molecule has 3 rings (SSSR count). The van der Waals surface area contributed by atoms with E-state index in [4.69, 9.17) is 4.74 Å². The Balaban J connectivity index is 1.58. The van der Waals surface area contributed by atoms with Crippen molar-refractivity contribution in [3.63, 3.8) is 0 Å². The van der Waals surface area contributed by atoms with Gasteiger partial charge in [0, 0.05) is 25.2 Å². The quantitative estimate of drug-likeness (QED) is 0.853. The minimum Gasteiger partial charge on any atom is -0.378 e. The minimum atomic E-state index is -0.327. The molecule has 2 aliphatic rings. The van der Waals surface area contributed by atoms with Gasteiger partial charge in [-0.3, -0.25) is 14.4 Å². The maximum absolute atomic E-state index is 12.4. The molecule has 7 heteroatoms. The summed E-state index contributed by atoms with van der Waals surface area (Å²) in [5, 5.41) is 2.63. The number of rotatable bonds is 4. The molecule has 2 heterocycles. The van der Waals surface area contributed by atoms with Crippen molar-refractivity contribution in [2.45, 2.75) is 19.3 Å². The number of carbonyl (C=O) groups is 3. The van der Waals surface area contributed by atoms with Crippen LogP contribution in [0.5, 0.6) is 0 Å². The van der Waals surface area contributed by atoms with Crippen molar-refractivity contribution in [2.24, 2.45) is 0 Å². The molecule has 1 aromatic carbocycles. The van der Waals surface area contributed by atoms with Crippen molar-refractivity contribution in [1.29, 1.82) is 0 Å². The summed E-state index contributed by atoms with van der Waals surface area (Å²) < 4.78 is 5.21. The molecule has 0 spiro atoms. The zero-order valence-electron chi connectivity index (χ0n) is 14.2. The minimum absolute atomic E-state index is 0.0531. The third-order valence-electron chi connectivity index (χ3n) is 4.52. The molecule has 1 fully saturated rings. The number of morpholine rings is 1. The zero-order chi connectivity index (χ0) is 17.6. The first-order chi connectivity index (χ1) is 12.1. The number of benzene rings is 1. The second kappa shape index (κ2) is 8.11. The molecule has 134 valence electrons. The number of hydrogen-bond acceptors (Lipinski definition) is 4. The summed E-state index contributed by atoms with van der Waals surface area (Å²) >= 11 is 0. The van der Waals surface area contributed by atoms with Crippen LogP contribution in [0.3, 0.4) is 0 Å². The predicted octanol–water partition coefficient (Wildman–Crippen LogP) is 0.331. The zero-order valence-corrected chi connectivity index (χ0v) is 14.2. The topological polar surface area (TPSA) is 79.0 Å². The number of ether oxygens (including phenoxy) is 1. The van der Waals surface area contributed by atoms with Crippen LogP contribution in [0.25, 0.3) is 0 Å². The summed E-state index contributed by atoms with van der Waals surface area (Å²) in [4.78, 5) is 39.9. The molecule has 0 aromatic heterocycles. The van der Waals surface area contributed by atoms with Crippen molar-refractivity contribution in [2.75, 3.05) is 44.3 Å². The lowest BCUT2D eigenvalue weighted by Gasteiger charge is -2.27. The molecule has 0 bridgehead atoms. The predicted molar refractivity (Wildman–Crippen MR) is 92.1 cm³/mol. The smallest absolute Gasteiger partial charge is 0.242 e. The monoisotopic (exact) mass is 345 g/mol. The van der Waals surface area contributed by atoms with Crippen LogP contribution in [-0.4, -0.2) is 62.0 Å². The van der Waals surface area contributed by atoms with Gasteiger partial charge in [-0.15, -0.1) is 0 Å². The van der Waals surface area contributed by atoms with Crippen LogP contribution in [0, 0.1) is 0 Å². The van der Waals surface area contributed by atoms with Crippen molar-refractivity contribution in [3.8, 4) is 0 Å². The number of carbonyl (C=O) groups excluding carboxylic acids is 3. The van der Waals surface area contributed by atoms with Gasteiger partial charge in [-0.05, 0) is 24.5 Å². The summed E-state index contributed by atoms with van der Waals surface area (Å²) in [5.41, 5.74) is 1.87. The fraction of sp³-hybridized carbons (Fsp3) is 0.500. The van der Waals surface area contributed by atoms with E-state index in [1.54, 1.807) is 4.90 Å². The third kappa shape index (κ3) is 4.36. The van der Waals surface area contributed by atoms with Gasteiger partial charge in [0.05, 0.1) is 19.8 Å². The Bertz CT molecular complexity index is 655. The normalized spacial score (nSPS) is 17.7. The average molecular weight is 345 g/mol. The molecule has 25 heavy (non-hydrogen) atoms. The maximum atomic E-state index is 12.4. The van der Waals surface area contributed by atoms with Crippen LogP contribution in [0.15, 0.2) is 24.3 Å². The van der Waals surface area contributed by atoms with Gasteiger partial charge < -0.3 is 19.9 Å². The van der Waals surface area contributed by atoms with Gasteiger partial charge in [-0.1, -0.05) is 18.2 Å². The van der Waals surface area contributed by atoms with Gasteiger partial charge in [-0.2, -0.15) is 0 Å². The summed E-state index contributed by atoms with van der Waals surface area (Å²) in [5.74, 6) is -0.509. The lowest BCUT2D eigenvalue weighted by atomic mass is 10.1. The highest BCUT2D eigenvalue weighted by Gasteiger charge is 2.24. The molecule has 1 N–H and O–H groups in total. The van der Waals surface area contributed by atoms with E-state index in [1.807, 2.05) is 24.3 Å². The molecular weight excluding hydrogens is 322 g/mol. The Morgan fingerprint density at radius 1 is 1.12 bits per heavy atom. The Morgan fingerprint density at radius 2 is 1.88 bits per heavy atom. The molecular formula is C18H23N3O4. The molecule has 0 aliphatic carbocycles. The molecule has 3 amide bonds. The molecule has 0 radical (unpaired) electrons. The molecule has 0 unspecified atom stereocenters. The van der Waals surface area contributed by atoms with Crippen LogP contribution in [0.4, 0.5) is 5.69 Å². The van der Waals surface area contributed by atoms with Gasteiger partial charge in [0.25, 0.3) is 0 Å². The third-order valence-corrected chi connectivity index (χ3v) is 4.52. The highest BCUT2D eigenvalue weighted by Crippen LogP contribution is 2.26. The van der Waals surface area contributed by atoms with Gasteiger partial charge in [0.1, 0.15) is 6.54 Å². The number of amides is 3. The summed E-state index contributed by atoms with van der Waals surface area (Å²) in [7, 11) is 0. The fourth-order valence-corrected chi connectivity index (χ4v) is 3.16. The molecule has 1 aromatic rings. The number of nitrogens with zero attached hydrogens (tertiary/aromatic N) is 2. The first kappa shape index (κ1) is 17.4. The Morgan fingerprint density at radius 3 is 2.68 bits per heavy atom. The highest BCUT2D eigenvalue weighted by molar-refractivity contribution is 6.00. The summed E-state index contributed by atoms with van der Waals surface area (Å²) in [6.07, 6.45) is 2.04. The van der Waals surface area contributed by atoms with Gasteiger partial charge >= 0.3 is 0 Å². The molecule has 2 aliphatic heterocycles. The number of para-hydroxylation sites is 1. The van der Waals surface area contributed by atoms with Crippen LogP contribution < -0.4 is 10.2 Å². The number of aryl methyl sites for hydroxylation is 1. The van der Waals surface area contributed by atoms with Crippen LogP contribution in [0.1, 0.15) is 18.4 Å². The lowest BCUT2D eigenvalue weighted by Crippen LogP contribution is -2.47. The van der Waals surface area contributed by atoms with E-state index in [0.29, 0.717) is 32.7 Å². The second-order valence-corrected chi connectivity index (χ2v) is 6.23. The summed E-state index contributed by atoms with van der Waals surface area (Å²) in [6, 6.07) is 7.66. The maximum Gasteiger partial charge on any atom is 0.242 e. The number of nitrogens with one attached hydrogen (secondary N) is 1. The van der Waals surface area contributed by atoms with Crippen LogP contribution in [-0.2, 0) is 25.5 Å². The molecule has 0 saturated carbocycles. The van der Waals surface area contributed by atoms with E-state index in [0.717, 1.165) is 24.1 Å². The molecule has 1 saturated heterocycles. The Hall–Kier alpha value is -2.41. The first-order valence-corrected chi connectivity index (χ1v) is 8.65. The SMILES string of the molecule is O=C(CN1C(=O)CCCc2ccccc21)NCC(=O)N1CCOCC1. The van der Waals surface area contributed by atoms with E-state index >= 15 is 0 Å². The highest BCUT2D eigenvalue weighted by atomic mass is 16.5. The van der Waals surface area contributed by atoms with Gasteiger partial charge in [0.15, 0.2) is 0 Å². The Kier molecular flexibility index (Phi) is 5.65. The van der Waals surface area contributed by atoms with Crippen LogP contribution >= 0.6 is 0 Å². The van der Waals surface area contributed by atoms with E-state index in [2.05, 4.69) is 5.32 Å². The van der Waals surface area contributed by atoms with E-state index in [9.17, 15) is 14.4 Å². The van der Waals surface area contributed by atoms with Crippen molar-refractivity contribution in [1.82, 2.24) is 10.2 Å². The van der Waals surface area contributed by atoms with Crippen molar-refractivity contribution < 1.29 is 19.1 Å². The fourth-order valence-electron chi connectivity index (χ4n) is 3.16. The Labute approximate surface area is 146 Å². The van der Waals surface area contributed by atoms with E-state index in [1.165, 1.54) is 4.90 Å². The second-order valence-electron chi connectivity index (χ2n) is 6.23. The van der Waals surface area contributed by atoms with Crippen molar-refractivity contribution in [3.05, 3.63) is 29.8 Å². The number of anilines is 1. The number of hydrogen-bond donors (Lipinski definition) is 1. The van der Waals surface area contributed by atoms with E-state index in [-0.39, 0.29) is 30.8 Å². The molecule has 0 atom stereocenters. The lowest BCUT2D eigenvalue weighted by molar-refractivity contribution is -0.136. The van der Waals surface area contributed by atoms with E-state index < -0.39 is 0 Å². The summed E-state index contributed by atoms with van der Waals surface area (Å²) in [6.45, 7) is 2.03. The first-order valence-electron chi connectivity index (χ1n) is 8.65. The largest absolute Gasteiger partial charge is 0.378 e. The average Bonchev–Trinajstić information content (AvgIpc) is 2.80. The van der Waals surface area contributed by atoms with Gasteiger partial charge in [0.2, 0.25) is 17.7 Å². The number of fused-ring (bicyclic) bond motifs is 1. The van der Waals surface area contributed by atoms with Gasteiger partial charge in [-0.25, -0.2) is 0 Å². The standard InChI is InChI=1S/C18H23N3O4/c22-16(19-12-18(24)20-8-10-25-11-9-20)13-21-15-6-2-1-4-14(15)5-3-7-17(21)23/h1-2,4,6H,3,5,7-13H2,(H,19,22). The van der Waals surface area contributed by atoms with Crippen LogP contribution in [0.2, 0.25) is 0 Å². The van der Waals surface area contributed by atoms with Crippen molar-refractivity contribution >= 4 is 23.4 Å². The molecule has 7 nitrogen and oxygen atoms in total.